The molecule has 0 radical (unpaired) electrons. The van der Waals surface area contributed by atoms with Gasteiger partial charge in [0.1, 0.15) is 12.4 Å². The lowest BCUT2D eigenvalue weighted by Crippen LogP contribution is -2.42. The molecule has 196 valence electrons. The van der Waals surface area contributed by atoms with E-state index in [1.54, 1.807) is 54.6 Å². The van der Waals surface area contributed by atoms with E-state index in [-0.39, 0.29) is 43.5 Å². The number of hydrogen-bond acceptors (Lipinski definition) is 6. The summed E-state index contributed by atoms with van der Waals surface area (Å²) in [7, 11) is 1.51. The Bertz CT molecular complexity index is 1400. The standard InChI is InChI=1S/C28H25ClFN3O5/c1-36-13-12-32(28(35)19-6-2-4-8-21(19)29)16-27(34)33-24(18-10-11-25-26(14-18)38-17-37-25)15-23(31-33)20-7-3-5-9-22(20)30/h2-11,14,24H,12-13,15-17H2,1H3. The minimum absolute atomic E-state index is 0.113. The van der Waals surface area contributed by atoms with Crippen LogP contribution in [0.5, 0.6) is 11.5 Å². The van der Waals surface area contributed by atoms with E-state index in [9.17, 15) is 14.0 Å². The van der Waals surface area contributed by atoms with E-state index in [0.717, 1.165) is 5.56 Å². The predicted octanol–water partition coefficient (Wildman–Crippen LogP) is 4.67. The summed E-state index contributed by atoms with van der Waals surface area (Å²) in [4.78, 5) is 28.4. The Morgan fingerprint density at radius 3 is 2.66 bits per heavy atom. The topological polar surface area (TPSA) is 80.7 Å². The lowest BCUT2D eigenvalue weighted by atomic mass is 9.97. The largest absolute Gasteiger partial charge is 0.454 e. The molecule has 0 fully saturated rings. The first-order valence-electron chi connectivity index (χ1n) is 12.0. The molecule has 8 nitrogen and oxygen atoms in total. The van der Waals surface area contributed by atoms with E-state index < -0.39 is 23.7 Å². The van der Waals surface area contributed by atoms with Gasteiger partial charge in [0, 0.05) is 25.6 Å². The van der Waals surface area contributed by atoms with Gasteiger partial charge in [0.15, 0.2) is 11.5 Å². The first-order valence-corrected chi connectivity index (χ1v) is 12.4. The van der Waals surface area contributed by atoms with Gasteiger partial charge in [-0.05, 0) is 35.9 Å². The van der Waals surface area contributed by atoms with Crippen molar-refractivity contribution in [2.75, 3.05) is 33.6 Å². The molecule has 0 saturated heterocycles. The fourth-order valence-electron chi connectivity index (χ4n) is 4.47. The Labute approximate surface area is 224 Å². The Morgan fingerprint density at radius 1 is 1.11 bits per heavy atom. The van der Waals surface area contributed by atoms with Crippen LogP contribution in [0.4, 0.5) is 4.39 Å². The van der Waals surface area contributed by atoms with Crippen molar-refractivity contribution < 1.29 is 28.2 Å². The molecule has 2 heterocycles. The second-order valence-corrected chi connectivity index (χ2v) is 9.20. The van der Waals surface area contributed by atoms with Crippen LogP contribution in [0.2, 0.25) is 5.02 Å². The quantitative estimate of drug-likeness (QED) is 0.417. The highest BCUT2D eigenvalue weighted by Gasteiger charge is 2.36. The number of carbonyl (C=O) groups is 2. The third-order valence-electron chi connectivity index (χ3n) is 6.41. The lowest BCUT2D eigenvalue weighted by molar-refractivity contribution is -0.133. The summed E-state index contributed by atoms with van der Waals surface area (Å²) in [6.07, 6.45) is 0.281. The number of carbonyl (C=O) groups excluding carboxylic acids is 2. The van der Waals surface area contributed by atoms with Crippen LogP contribution in [0.1, 0.15) is 33.9 Å². The summed E-state index contributed by atoms with van der Waals surface area (Å²) in [6, 6.07) is 17.8. The van der Waals surface area contributed by atoms with Gasteiger partial charge in [-0.25, -0.2) is 9.40 Å². The Kier molecular flexibility index (Phi) is 7.57. The average molecular weight is 538 g/mol. The molecule has 2 aliphatic heterocycles. The van der Waals surface area contributed by atoms with Crippen LogP contribution in [0.3, 0.4) is 0 Å². The summed E-state index contributed by atoms with van der Waals surface area (Å²) in [5.74, 6) is -0.102. The van der Waals surface area contributed by atoms with Crippen LogP contribution >= 0.6 is 11.6 Å². The zero-order valence-corrected chi connectivity index (χ0v) is 21.4. The van der Waals surface area contributed by atoms with Crippen molar-refractivity contribution in [3.8, 4) is 11.5 Å². The molecule has 0 N–H and O–H groups in total. The number of hydrazone groups is 1. The van der Waals surface area contributed by atoms with E-state index in [0.29, 0.717) is 22.8 Å². The zero-order chi connectivity index (χ0) is 26.6. The molecule has 1 unspecified atom stereocenters. The Morgan fingerprint density at radius 2 is 1.87 bits per heavy atom. The fourth-order valence-corrected chi connectivity index (χ4v) is 4.69. The van der Waals surface area contributed by atoms with Gasteiger partial charge in [-0.1, -0.05) is 48.0 Å². The lowest BCUT2D eigenvalue weighted by Gasteiger charge is -2.27. The number of ether oxygens (including phenoxy) is 3. The highest BCUT2D eigenvalue weighted by atomic mass is 35.5. The first-order chi connectivity index (χ1) is 18.5. The van der Waals surface area contributed by atoms with Crippen molar-refractivity contribution in [2.45, 2.75) is 12.5 Å². The average Bonchev–Trinajstić information content (AvgIpc) is 3.58. The van der Waals surface area contributed by atoms with Crippen LogP contribution < -0.4 is 9.47 Å². The van der Waals surface area contributed by atoms with Crippen LogP contribution in [-0.4, -0.2) is 61.0 Å². The van der Waals surface area contributed by atoms with Gasteiger partial charge in [0.25, 0.3) is 11.8 Å². The molecule has 3 aromatic rings. The van der Waals surface area contributed by atoms with Gasteiger partial charge < -0.3 is 19.1 Å². The third kappa shape index (κ3) is 5.20. The van der Waals surface area contributed by atoms with Crippen molar-refractivity contribution in [3.05, 3.63) is 94.3 Å². The number of amides is 2. The van der Waals surface area contributed by atoms with E-state index in [2.05, 4.69) is 5.10 Å². The van der Waals surface area contributed by atoms with Crippen molar-refractivity contribution in [2.24, 2.45) is 5.10 Å². The van der Waals surface area contributed by atoms with Gasteiger partial charge in [0.05, 0.1) is 28.9 Å². The summed E-state index contributed by atoms with van der Waals surface area (Å²) in [5.41, 5.74) is 1.78. The Hall–Kier alpha value is -3.95. The Balaban J connectivity index is 1.46. The SMILES string of the molecule is COCCN(CC(=O)N1N=C(c2ccccc2F)CC1c1ccc2c(c1)OCO2)C(=O)c1ccccc1Cl. The van der Waals surface area contributed by atoms with Gasteiger partial charge in [0.2, 0.25) is 6.79 Å². The molecular weight excluding hydrogens is 513 g/mol. The highest BCUT2D eigenvalue weighted by Crippen LogP contribution is 2.39. The summed E-state index contributed by atoms with van der Waals surface area (Å²) < 4.78 is 30.8. The van der Waals surface area contributed by atoms with Gasteiger partial charge in [-0.15, -0.1) is 0 Å². The third-order valence-corrected chi connectivity index (χ3v) is 6.74. The molecule has 38 heavy (non-hydrogen) atoms. The minimum Gasteiger partial charge on any atom is -0.454 e. The van der Waals surface area contributed by atoms with E-state index in [1.165, 1.54) is 23.1 Å². The van der Waals surface area contributed by atoms with Crippen LogP contribution in [0, 0.1) is 5.82 Å². The second-order valence-electron chi connectivity index (χ2n) is 8.80. The van der Waals surface area contributed by atoms with Crippen LogP contribution in [0.15, 0.2) is 71.8 Å². The maximum Gasteiger partial charge on any atom is 0.262 e. The number of nitrogens with zero attached hydrogens (tertiary/aromatic N) is 3. The number of rotatable bonds is 8. The predicted molar refractivity (Wildman–Crippen MR) is 139 cm³/mol. The summed E-state index contributed by atoms with van der Waals surface area (Å²) >= 11 is 6.26. The zero-order valence-electron chi connectivity index (χ0n) is 20.6. The summed E-state index contributed by atoms with van der Waals surface area (Å²) in [5, 5.41) is 6.15. The maximum absolute atomic E-state index is 14.7. The molecule has 0 aliphatic carbocycles. The monoisotopic (exact) mass is 537 g/mol. The molecule has 1 atom stereocenters. The van der Waals surface area contributed by atoms with Crippen LogP contribution in [0.25, 0.3) is 0 Å². The van der Waals surface area contributed by atoms with Gasteiger partial charge in [-0.2, -0.15) is 5.10 Å². The van der Waals surface area contributed by atoms with Crippen molar-refractivity contribution in [1.82, 2.24) is 9.91 Å². The fraction of sp³-hybridized carbons (Fsp3) is 0.250. The van der Waals surface area contributed by atoms with Gasteiger partial charge in [-0.3, -0.25) is 9.59 Å². The van der Waals surface area contributed by atoms with Crippen molar-refractivity contribution in [3.63, 3.8) is 0 Å². The van der Waals surface area contributed by atoms with Crippen molar-refractivity contribution >= 4 is 29.1 Å². The minimum atomic E-state index is -0.536. The van der Waals surface area contributed by atoms with E-state index in [1.807, 2.05) is 6.07 Å². The van der Waals surface area contributed by atoms with Crippen LogP contribution in [-0.2, 0) is 9.53 Å². The first kappa shape index (κ1) is 25.7. The molecule has 0 saturated carbocycles. The smallest absolute Gasteiger partial charge is 0.262 e. The van der Waals surface area contributed by atoms with Gasteiger partial charge >= 0.3 is 0 Å². The number of halogens is 2. The molecule has 5 rings (SSSR count). The molecule has 2 amide bonds. The maximum atomic E-state index is 14.7. The van der Waals surface area contributed by atoms with E-state index in [4.69, 9.17) is 25.8 Å². The molecular formula is C28H25ClFN3O5. The molecule has 0 aromatic heterocycles. The number of fused-ring (bicyclic) bond motifs is 1. The van der Waals surface area contributed by atoms with E-state index >= 15 is 0 Å². The normalized spacial score (nSPS) is 15.9. The molecule has 10 heteroatoms. The number of methoxy groups -OCH3 is 1. The highest BCUT2D eigenvalue weighted by molar-refractivity contribution is 6.33. The summed E-state index contributed by atoms with van der Waals surface area (Å²) in [6.45, 7) is 0.224. The molecule has 0 bridgehead atoms. The van der Waals surface area contributed by atoms with Crippen molar-refractivity contribution in [1.29, 1.82) is 0 Å². The molecule has 3 aromatic carbocycles. The molecule has 2 aliphatic rings. The molecule has 0 spiro atoms. The number of benzene rings is 3. The number of hydrogen-bond donors (Lipinski definition) is 0. The second kappa shape index (κ2) is 11.2.